The van der Waals surface area contributed by atoms with Gasteiger partial charge in [0.2, 0.25) is 0 Å². The Labute approximate surface area is 118 Å². The quantitative estimate of drug-likeness (QED) is 0.815. The molecule has 20 heavy (non-hydrogen) atoms. The Hall–Kier alpha value is -2.42. The summed E-state index contributed by atoms with van der Waals surface area (Å²) in [6, 6.07) is 20.1. The van der Waals surface area contributed by atoms with E-state index in [4.69, 9.17) is 0 Å². The van der Waals surface area contributed by atoms with Crippen LogP contribution in [0.1, 0.15) is 23.1 Å². The maximum atomic E-state index is 11.9. The molecule has 100 valence electrons. The SMILES string of the molecule is CN1C(=O)N=CC(c2ccccc2)C1c1ccccc1. The Kier molecular flexibility index (Phi) is 3.33. The predicted molar refractivity (Wildman–Crippen MR) is 80.0 cm³/mol. The van der Waals surface area contributed by atoms with Crippen LogP contribution in [0.4, 0.5) is 4.79 Å². The highest BCUT2D eigenvalue weighted by Gasteiger charge is 2.33. The van der Waals surface area contributed by atoms with Crippen LogP contribution in [0, 0.1) is 0 Å². The maximum Gasteiger partial charge on any atom is 0.343 e. The van der Waals surface area contributed by atoms with E-state index in [1.807, 2.05) is 43.4 Å². The number of benzene rings is 2. The van der Waals surface area contributed by atoms with Crippen molar-refractivity contribution in [3.05, 3.63) is 71.8 Å². The van der Waals surface area contributed by atoms with Crippen molar-refractivity contribution in [2.45, 2.75) is 12.0 Å². The van der Waals surface area contributed by atoms with Crippen molar-refractivity contribution in [1.29, 1.82) is 0 Å². The molecule has 0 radical (unpaired) electrons. The normalized spacial score (nSPS) is 22.1. The molecular formula is C17H16N2O. The van der Waals surface area contributed by atoms with Gasteiger partial charge in [0.25, 0.3) is 0 Å². The second-order valence-electron chi connectivity index (χ2n) is 4.96. The van der Waals surface area contributed by atoms with Crippen LogP contribution in [0.15, 0.2) is 65.7 Å². The fourth-order valence-corrected chi connectivity index (χ4v) is 2.70. The molecule has 1 aliphatic rings. The monoisotopic (exact) mass is 264 g/mol. The fraction of sp³-hybridized carbons (Fsp3) is 0.176. The van der Waals surface area contributed by atoms with Gasteiger partial charge in [0.15, 0.2) is 0 Å². The molecule has 0 aromatic heterocycles. The molecule has 3 heteroatoms. The lowest BCUT2D eigenvalue weighted by atomic mass is 9.86. The number of hydrogen-bond acceptors (Lipinski definition) is 1. The Bertz CT molecular complexity index is 622. The Morgan fingerprint density at radius 3 is 2.05 bits per heavy atom. The van der Waals surface area contributed by atoms with Crippen molar-refractivity contribution < 1.29 is 4.79 Å². The number of hydrogen-bond donors (Lipinski definition) is 0. The zero-order chi connectivity index (χ0) is 13.9. The number of rotatable bonds is 2. The first-order chi connectivity index (χ1) is 9.77. The third-order valence-corrected chi connectivity index (χ3v) is 3.73. The van der Waals surface area contributed by atoms with Gasteiger partial charge in [0, 0.05) is 19.2 Å². The summed E-state index contributed by atoms with van der Waals surface area (Å²) < 4.78 is 0. The van der Waals surface area contributed by atoms with Crippen LogP contribution in [-0.2, 0) is 0 Å². The van der Waals surface area contributed by atoms with Gasteiger partial charge in [-0.15, -0.1) is 0 Å². The highest BCUT2D eigenvalue weighted by molar-refractivity contribution is 5.90. The van der Waals surface area contributed by atoms with E-state index >= 15 is 0 Å². The smallest absolute Gasteiger partial charge is 0.318 e. The molecule has 2 atom stereocenters. The molecule has 0 aliphatic carbocycles. The molecule has 1 heterocycles. The Balaban J connectivity index is 2.07. The number of carbonyl (C=O) groups is 1. The molecule has 0 bridgehead atoms. The number of nitrogens with zero attached hydrogens (tertiary/aromatic N) is 2. The van der Waals surface area contributed by atoms with Crippen molar-refractivity contribution in [1.82, 2.24) is 4.90 Å². The lowest BCUT2D eigenvalue weighted by Crippen LogP contribution is -2.37. The zero-order valence-corrected chi connectivity index (χ0v) is 11.3. The summed E-state index contributed by atoms with van der Waals surface area (Å²) >= 11 is 0. The number of aliphatic imine (C=N–C) groups is 1. The summed E-state index contributed by atoms with van der Waals surface area (Å²) in [5, 5.41) is 0. The second-order valence-corrected chi connectivity index (χ2v) is 4.96. The van der Waals surface area contributed by atoms with Crippen molar-refractivity contribution in [3.63, 3.8) is 0 Å². The molecule has 3 nitrogen and oxygen atoms in total. The van der Waals surface area contributed by atoms with Crippen molar-refractivity contribution in [3.8, 4) is 0 Å². The maximum absolute atomic E-state index is 11.9. The van der Waals surface area contributed by atoms with Gasteiger partial charge in [-0.2, -0.15) is 0 Å². The van der Waals surface area contributed by atoms with Crippen LogP contribution in [-0.4, -0.2) is 24.2 Å². The molecule has 2 aromatic rings. The van der Waals surface area contributed by atoms with Gasteiger partial charge < -0.3 is 4.90 Å². The highest BCUT2D eigenvalue weighted by atomic mass is 16.2. The molecule has 0 saturated carbocycles. The van der Waals surface area contributed by atoms with Gasteiger partial charge in [-0.25, -0.2) is 9.79 Å². The lowest BCUT2D eigenvalue weighted by Gasteiger charge is -2.35. The van der Waals surface area contributed by atoms with E-state index in [0.29, 0.717) is 0 Å². The summed E-state index contributed by atoms with van der Waals surface area (Å²) in [6.45, 7) is 0. The molecule has 0 N–H and O–H groups in total. The molecule has 0 saturated heterocycles. The number of urea groups is 1. The van der Waals surface area contributed by atoms with Crippen LogP contribution >= 0.6 is 0 Å². The molecule has 2 amide bonds. The average Bonchev–Trinajstić information content (AvgIpc) is 2.51. The summed E-state index contributed by atoms with van der Waals surface area (Å²) in [7, 11) is 1.81. The van der Waals surface area contributed by atoms with Gasteiger partial charge >= 0.3 is 6.03 Å². The first-order valence-corrected chi connectivity index (χ1v) is 6.68. The van der Waals surface area contributed by atoms with Crippen LogP contribution in [0.5, 0.6) is 0 Å². The van der Waals surface area contributed by atoms with Gasteiger partial charge in [-0.1, -0.05) is 60.7 Å². The number of carbonyl (C=O) groups excluding carboxylic acids is 1. The molecular weight excluding hydrogens is 248 g/mol. The summed E-state index contributed by atoms with van der Waals surface area (Å²) in [4.78, 5) is 17.6. The third-order valence-electron chi connectivity index (χ3n) is 3.73. The topological polar surface area (TPSA) is 32.7 Å². The van der Waals surface area contributed by atoms with Crippen molar-refractivity contribution in [2.24, 2.45) is 4.99 Å². The first-order valence-electron chi connectivity index (χ1n) is 6.68. The van der Waals surface area contributed by atoms with Crippen LogP contribution in [0.2, 0.25) is 0 Å². The largest absolute Gasteiger partial charge is 0.343 e. The molecule has 3 rings (SSSR count). The van der Waals surface area contributed by atoms with E-state index in [9.17, 15) is 4.79 Å². The zero-order valence-electron chi connectivity index (χ0n) is 11.3. The number of likely N-dealkylation sites (N-methyl/N-ethyl adjacent to an activating group) is 1. The summed E-state index contributed by atoms with van der Waals surface area (Å²) in [6.07, 6.45) is 1.77. The van der Waals surface area contributed by atoms with E-state index in [1.165, 1.54) is 5.56 Å². The fourth-order valence-electron chi connectivity index (χ4n) is 2.70. The first kappa shape index (κ1) is 12.6. The minimum absolute atomic E-state index is 0.0106. The predicted octanol–water partition coefficient (Wildman–Crippen LogP) is 3.65. The Morgan fingerprint density at radius 1 is 0.900 bits per heavy atom. The van der Waals surface area contributed by atoms with Crippen LogP contribution < -0.4 is 0 Å². The third kappa shape index (κ3) is 2.23. The number of amides is 2. The average molecular weight is 264 g/mol. The molecule has 0 spiro atoms. The second kappa shape index (κ2) is 5.29. The molecule has 2 aromatic carbocycles. The lowest BCUT2D eigenvalue weighted by molar-refractivity contribution is 0.193. The van der Waals surface area contributed by atoms with E-state index in [0.717, 1.165) is 5.56 Å². The van der Waals surface area contributed by atoms with Gasteiger partial charge in [0.1, 0.15) is 0 Å². The molecule has 2 unspecified atom stereocenters. The van der Waals surface area contributed by atoms with Gasteiger partial charge in [-0.3, -0.25) is 0 Å². The standard InChI is InChI=1S/C17H16N2O/c1-19-16(14-10-6-3-7-11-14)15(12-18-17(19)20)13-8-4-2-5-9-13/h2-12,15-16H,1H3. The van der Waals surface area contributed by atoms with Crippen LogP contribution in [0.25, 0.3) is 0 Å². The Morgan fingerprint density at radius 2 is 1.45 bits per heavy atom. The van der Waals surface area contributed by atoms with Crippen molar-refractivity contribution in [2.75, 3.05) is 7.05 Å². The van der Waals surface area contributed by atoms with E-state index in [-0.39, 0.29) is 18.0 Å². The van der Waals surface area contributed by atoms with Crippen molar-refractivity contribution >= 4 is 12.2 Å². The summed E-state index contributed by atoms with van der Waals surface area (Å²) in [5.41, 5.74) is 2.30. The van der Waals surface area contributed by atoms with E-state index < -0.39 is 0 Å². The minimum Gasteiger partial charge on any atom is -0.318 e. The summed E-state index contributed by atoms with van der Waals surface area (Å²) in [5.74, 6) is 0.0845. The molecule has 0 fully saturated rings. The van der Waals surface area contributed by atoms with Gasteiger partial charge in [0.05, 0.1) is 6.04 Å². The van der Waals surface area contributed by atoms with Crippen LogP contribution in [0.3, 0.4) is 0 Å². The van der Waals surface area contributed by atoms with Gasteiger partial charge in [-0.05, 0) is 11.1 Å². The highest BCUT2D eigenvalue weighted by Crippen LogP contribution is 2.36. The van der Waals surface area contributed by atoms with E-state index in [2.05, 4.69) is 29.3 Å². The minimum atomic E-state index is -0.189. The van der Waals surface area contributed by atoms with E-state index in [1.54, 1.807) is 11.1 Å². The molecule has 1 aliphatic heterocycles.